The molecule has 2 nitrogen and oxygen atoms in total. The zero-order valence-corrected chi connectivity index (χ0v) is 15.3. The van der Waals surface area contributed by atoms with Crippen LogP contribution in [0, 0.1) is 0 Å². The van der Waals surface area contributed by atoms with Crippen LogP contribution in [-0.2, 0) is 12.3 Å². The Morgan fingerprint density at radius 2 is 1.83 bits per heavy atom. The summed E-state index contributed by atoms with van der Waals surface area (Å²) in [4.78, 5) is 14.8. The SMILES string of the molecule is O=C(NCc1ccc(Cl)cc1)c1ccccc1SCc1cccs1. The molecule has 3 rings (SSSR count). The fourth-order valence-corrected chi connectivity index (χ4v) is 4.15. The Morgan fingerprint density at radius 1 is 1.04 bits per heavy atom. The predicted octanol–water partition coefficient (Wildman–Crippen LogP) is 5.62. The van der Waals surface area contributed by atoms with Crippen LogP contribution < -0.4 is 5.32 Å². The van der Waals surface area contributed by atoms with Crippen molar-refractivity contribution in [1.29, 1.82) is 0 Å². The van der Waals surface area contributed by atoms with Gasteiger partial charge in [0.25, 0.3) is 5.91 Å². The summed E-state index contributed by atoms with van der Waals surface area (Å²) in [5.41, 5.74) is 1.74. The lowest BCUT2D eigenvalue weighted by Gasteiger charge is -2.10. The molecule has 0 spiro atoms. The first-order valence-corrected chi connectivity index (χ1v) is 9.73. The van der Waals surface area contributed by atoms with Gasteiger partial charge in [-0.1, -0.05) is 41.9 Å². The van der Waals surface area contributed by atoms with Gasteiger partial charge in [-0.05, 0) is 41.3 Å². The van der Waals surface area contributed by atoms with Crippen molar-refractivity contribution < 1.29 is 4.79 Å². The van der Waals surface area contributed by atoms with Crippen molar-refractivity contribution in [2.45, 2.75) is 17.2 Å². The number of thioether (sulfide) groups is 1. The van der Waals surface area contributed by atoms with Crippen molar-refractivity contribution in [3.05, 3.63) is 87.1 Å². The van der Waals surface area contributed by atoms with Crippen molar-refractivity contribution in [1.82, 2.24) is 5.32 Å². The Balaban J connectivity index is 1.64. The third-order valence-electron chi connectivity index (χ3n) is 3.45. The molecule has 0 radical (unpaired) electrons. The lowest BCUT2D eigenvalue weighted by Crippen LogP contribution is -2.23. The number of rotatable bonds is 6. The monoisotopic (exact) mass is 373 g/mol. The molecule has 1 N–H and O–H groups in total. The Labute approximate surface area is 154 Å². The molecule has 1 heterocycles. The number of carbonyl (C=O) groups is 1. The minimum absolute atomic E-state index is 0.0563. The predicted molar refractivity (Wildman–Crippen MR) is 103 cm³/mol. The Bertz CT molecular complexity index is 800. The van der Waals surface area contributed by atoms with Crippen LogP contribution in [0.2, 0.25) is 5.02 Å². The highest BCUT2D eigenvalue weighted by Crippen LogP contribution is 2.28. The molecular formula is C19H16ClNOS2. The molecule has 122 valence electrons. The van der Waals surface area contributed by atoms with Crippen molar-refractivity contribution in [3.8, 4) is 0 Å². The van der Waals surface area contributed by atoms with Crippen LogP contribution >= 0.6 is 34.7 Å². The largest absolute Gasteiger partial charge is 0.348 e. The smallest absolute Gasteiger partial charge is 0.252 e. The second-order valence-corrected chi connectivity index (χ2v) is 7.66. The Hall–Kier alpha value is -1.75. The number of carbonyl (C=O) groups excluding carboxylic acids is 1. The van der Waals surface area contributed by atoms with Crippen LogP contribution in [0.3, 0.4) is 0 Å². The quantitative estimate of drug-likeness (QED) is 0.568. The van der Waals surface area contributed by atoms with E-state index in [0.29, 0.717) is 17.1 Å². The molecule has 0 aliphatic carbocycles. The summed E-state index contributed by atoms with van der Waals surface area (Å²) in [6, 6.07) is 19.4. The molecule has 1 aromatic heterocycles. The van der Waals surface area contributed by atoms with Gasteiger partial charge in [0.2, 0.25) is 0 Å². The van der Waals surface area contributed by atoms with Gasteiger partial charge in [-0.25, -0.2) is 0 Å². The van der Waals surface area contributed by atoms with Gasteiger partial charge in [-0.15, -0.1) is 23.1 Å². The maximum Gasteiger partial charge on any atom is 0.252 e. The van der Waals surface area contributed by atoms with Crippen LogP contribution in [0.5, 0.6) is 0 Å². The van der Waals surface area contributed by atoms with Gasteiger partial charge in [0.05, 0.1) is 5.56 Å². The van der Waals surface area contributed by atoms with E-state index < -0.39 is 0 Å². The number of hydrogen-bond donors (Lipinski definition) is 1. The van der Waals surface area contributed by atoms with Crippen LogP contribution in [0.1, 0.15) is 20.8 Å². The van der Waals surface area contributed by atoms with E-state index in [0.717, 1.165) is 16.2 Å². The van der Waals surface area contributed by atoms with E-state index in [4.69, 9.17) is 11.6 Å². The van der Waals surface area contributed by atoms with Gasteiger partial charge in [0.1, 0.15) is 0 Å². The number of halogens is 1. The average Bonchev–Trinajstić information content (AvgIpc) is 3.13. The van der Waals surface area contributed by atoms with Gasteiger partial charge in [-0.3, -0.25) is 4.79 Å². The molecule has 0 atom stereocenters. The van der Waals surface area contributed by atoms with Gasteiger partial charge in [-0.2, -0.15) is 0 Å². The van der Waals surface area contributed by atoms with Crippen LogP contribution in [0.4, 0.5) is 0 Å². The molecule has 0 aliphatic rings. The molecule has 2 aromatic carbocycles. The molecule has 0 unspecified atom stereocenters. The highest BCUT2D eigenvalue weighted by Gasteiger charge is 2.11. The maximum absolute atomic E-state index is 12.5. The molecular weight excluding hydrogens is 358 g/mol. The summed E-state index contributed by atoms with van der Waals surface area (Å²) in [6.07, 6.45) is 0. The Kier molecular flexibility index (Phi) is 5.96. The first-order valence-electron chi connectivity index (χ1n) is 7.49. The molecule has 0 bridgehead atoms. The lowest BCUT2D eigenvalue weighted by atomic mass is 10.2. The van der Waals surface area contributed by atoms with Crippen molar-refractivity contribution in [2.75, 3.05) is 0 Å². The summed E-state index contributed by atoms with van der Waals surface area (Å²) in [6.45, 7) is 0.486. The standard InChI is InChI=1S/C19H16ClNOS2/c20-15-9-7-14(8-10-15)12-21-19(22)17-5-1-2-6-18(17)24-13-16-4-3-11-23-16/h1-11H,12-13H2,(H,21,22). The first-order chi connectivity index (χ1) is 11.7. The molecule has 0 fully saturated rings. The zero-order valence-electron chi connectivity index (χ0n) is 12.9. The molecule has 0 saturated carbocycles. The Morgan fingerprint density at radius 3 is 2.58 bits per heavy atom. The molecule has 0 saturated heterocycles. The fourth-order valence-electron chi connectivity index (χ4n) is 2.20. The van der Waals surface area contributed by atoms with Gasteiger partial charge in [0.15, 0.2) is 0 Å². The summed E-state index contributed by atoms with van der Waals surface area (Å²) >= 11 is 9.30. The summed E-state index contributed by atoms with van der Waals surface area (Å²) in [7, 11) is 0. The molecule has 1 amide bonds. The normalized spacial score (nSPS) is 10.5. The molecule has 5 heteroatoms. The fraction of sp³-hybridized carbons (Fsp3) is 0.105. The van der Waals surface area contributed by atoms with Crippen LogP contribution in [0.25, 0.3) is 0 Å². The third kappa shape index (κ3) is 4.63. The van der Waals surface area contributed by atoms with Crippen molar-refractivity contribution in [2.24, 2.45) is 0 Å². The zero-order chi connectivity index (χ0) is 16.8. The first kappa shape index (κ1) is 17.1. The second-order valence-electron chi connectivity index (χ2n) is 5.17. The molecule has 24 heavy (non-hydrogen) atoms. The molecule has 0 aliphatic heterocycles. The van der Waals surface area contributed by atoms with E-state index in [1.807, 2.05) is 54.6 Å². The van der Waals surface area contributed by atoms with E-state index in [9.17, 15) is 4.79 Å². The van der Waals surface area contributed by atoms with E-state index in [-0.39, 0.29) is 5.91 Å². The van der Waals surface area contributed by atoms with E-state index in [1.54, 1.807) is 23.1 Å². The topological polar surface area (TPSA) is 29.1 Å². The second kappa shape index (κ2) is 8.38. The summed E-state index contributed by atoms with van der Waals surface area (Å²) in [5.74, 6) is 0.818. The van der Waals surface area contributed by atoms with Gasteiger partial charge < -0.3 is 5.32 Å². The van der Waals surface area contributed by atoms with Gasteiger partial charge >= 0.3 is 0 Å². The van der Waals surface area contributed by atoms with E-state index in [2.05, 4.69) is 16.8 Å². The number of hydrogen-bond acceptors (Lipinski definition) is 3. The van der Waals surface area contributed by atoms with Crippen LogP contribution in [0.15, 0.2) is 70.9 Å². The highest BCUT2D eigenvalue weighted by atomic mass is 35.5. The maximum atomic E-state index is 12.5. The van der Waals surface area contributed by atoms with Gasteiger partial charge in [0, 0.05) is 27.1 Å². The highest BCUT2D eigenvalue weighted by molar-refractivity contribution is 7.98. The number of thiophene rings is 1. The minimum Gasteiger partial charge on any atom is -0.348 e. The molecule has 3 aromatic rings. The van der Waals surface area contributed by atoms with Crippen molar-refractivity contribution in [3.63, 3.8) is 0 Å². The van der Waals surface area contributed by atoms with Crippen LogP contribution in [-0.4, -0.2) is 5.91 Å². The van der Waals surface area contributed by atoms with E-state index >= 15 is 0 Å². The number of nitrogens with one attached hydrogen (secondary N) is 1. The summed E-state index contributed by atoms with van der Waals surface area (Å²) in [5, 5.41) is 5.74. The van der Waals surface area contributed by atoms with Crippen molar-refractivity contribution >= 4 is 40.6 Å². The number of benzene rings is 2. The average molecular weight is 374 g/mol. The third-order valence-corrected chi connectivity index (χ3v) is 5.88. The van der Waals surface area contributed by atoms with E-state index in [1.165, 1.54) is 4.88 Å². The number of amides is 1. The minimum atomic E-state index is -0.0563. The summed E-state index contributed by atoms with van der Waals surface area (Å²) < 4.78 is 0. The lowest BCUT2D eigenvalue weighted by molar-refractivity contribution is 0.0948.